The van der Waals surface area contributed by atoms with Crippen molar-refractivity contribution in [2.24, 2.45) is 0 Å². The van der Waals surface area contributed by atoms with Gasteiger partial charge in [-0.15, -0.1) is 11.3 Å². The first-order chi connectivity index (χ1) is 17.7. The van der Waals surface area contributed by atoms with Crippen molar-refractivity contribution in [2.75, 3.05) is 26.2 Å². The number of amides is 1. The van der Waals surface area contributed by atoms with Gasteiger partial charge in [0.2, 0.25) is 0 Å². The van der Waals surface area contributed by atoms with E-state index in [1.165, 1.54) is 16.9 Å². The van der Waals surface area contributed by atoms with Crippen LogP contribution in [0, 0.1) is 0 Å². The Morgan fingerprint density at radius 1 is 0.889 bits per heavy atom. The monoisotopic (exact) mass is 513 g/mol. The summed E-state index contributed by atoms with van der Waals surface area (Å²) in [5.41, 5.74) is 8.06. The van der Waals surface area contributed by atoms with Crippen LogP contribution in [0.25, 0.3) is 28.0 Å². The van der Waals surface area contributed by atoms with Gasteiger partial charge in [-0.25, -0.2) is 4.98 Å². The Hall–Kier alpha value is -3.52. The number of imidazole rings is 1. The number of benzene rings is 2. The molecule has 3 aromatic heterocycles. The van der Waals surface area contributed by atoms with Crippen LogP contribution in [0.5, 0.6) is 0 Å². The summed E-state index contributed by atoms with van der Waals surface area (Å²) in [6.45, 7) is 3.73. The van der Waals surface area contributed by atoms with Gasteiger partial charge in [-0.05, 0) is 35.4 Å². The zero-order chi connectivity index (χ0) is 24.5. The molecule has 6 nitrogen and oxygen atoms in total. The van der Waals surface area contributed by atoms with Crippen molar-refractivity contribution in [3.05, 3.63) is 100 Å². The quantitative estimate of drug-likeness (QED) is 0.301. The van der Waals surface area contributed by atoms with Crippen molar-refractivity contribution in [1.29, 1.82) is 0 Å². The number of thiazole rings is 1. The Balaban J connectivity index is 1.32. The first-order valence-electron chi connectivity index (χ1n) is 11.9. The minimum absolute atomic E-state index is 0.0707. The number of rotatable bonds is 5. The number of carbonyl (C=O) groups excluding carboxylic acids is 1. The summed E-state index contributed by atoms with van der Waals surface area (Å²) in [5.74, 6) is 0.0707. The summed E-state index contributed by atoms with van der Waals surface area (Å²) in [6.07, 6.45) is 3.83. The largest absolute Gasteiger partial charge is 0.335 e. The second kappa shape index (κ2) is 9.85. The fourth-order valence-electron chi connectivity index (χ4n) is 4.68. The van der Waals surface area contributed by atoms with E-state index in [4.69, 9.17) is 16.6 Å². The zero-order valence-electron chi connectivity index (χ0n) is 19.5. The van der Waals surface area contributed by atoms with Crippen molar-refractivity contribution in [2.45, 2.75) is 6.54 Å². The molecule has 180 valence electrons. The van der Waals surface area contributed by atoms with Crippen LogP contribution < -0.4 is 0 Å². The normalized spacial score (nSPS) is 14.4. The molecule has 4 heterocycles. The van der Waals surface area contributed by atoms with Crippen LogP contribution in [0.2, 0.25) is 5.02 Å². The molecule has 0 spiro atoms. The topological polar surface area (TPSA) is 53.7 Å². The highest BCUT2D eigenvalue weighted by atomic mass is 35.5. The molecule has 6 rings (SSSR count). The predicted molar refractivity (Wildman–Crippen MR) is 144 cm³/mol. The van der Waals surface area contributed by atoms with Gasteiger partial charge < -0.3 is 9.30 Å². The van der Waals surface area contributed by atoms with Crippen LogP contribution >= 0.6 is 22.9 Å². The van der Waals surface area contributed by atoms with E-state index in [-0.39, 0.29) is 5.91 Å². The second-order valence-electron chi connectivity index (χ2n) is 8.86. The molecule has 0 saturated carbocycles. The Morgan fingerprint density at radius 3 is 2.36 bits per heavy atom. The van der Waals surface area contributed by atoms with E-state index < -0.39 is 0 Å². The Labute approximate surface area is 218 Å². The zero-order valence-corrected chi connectivity index (χ0v) is 21.1. The minimum Gasteiger partial charge on any atom is -0.335 e. The van der Waals surface area contributed by atoms with E-state index in [2.05, 4.69) is 56.9 Å². The van der Waals surface area contributed by atoms with Crippen molar-refractivity contribution in [1.82, 2.24) is 24.2 Å². The van der Waals surface area contributed by atoms with Gasteiger partial charge in [0.05, 0.1) is 23.1 Å². The molecule has 8 heteroatoms. The summed E-state index contributed by atoms with van der Waals surface area (Å²) >= 11 is 7.56. The van der Waals surface area contributed by atoms with Crippen LogP contribution in [-0.4, -0.2) is 56.3 Å². The van der Waals surface area contributed by atoms with Gasteiger partial charge >= 0.3 is 0 Å². The number of piperazine rings is 1. The standard InChI is InChI=1S/C28H24ClN5OS/c29-23-9-6-21(7-10-23)27-24(18-32-12-14-33(15-13-32)28(35)25-16-30-19-36-25)34-17-22(8-11-26(34)31-27)20-4-2-1-3-5-20/h1-11,16-17,19H,12-15,18H2. The van der Waals surface area contributed by atoms with Gasteiger partial charge in [0, 0.05) is 49.5 Å². The van der Waals surface area contributed by atoms with Gasteiger partial charge in [-0.1, -0.05) is 54.1 Å². The molecule has 0 bridgehead atoms. The molecular formula is C28H24ClN5OS. The van der Waals surface area contributed by atoms with Crippen molar-refractivity contribution in [3.8, 4) is 22.4 Å². The molecular weight excluding hydrogens is 490 g/mol. The second-order valence-corrected chi connectivity index (χ2v) is 10.2. The van der Waals surface area contributed by atoms with Crippen LogP contribution in [0.15, 0.2) is 84.6 Å². The number of nitrogens with zero attached hydrogens (tertiary/aromatic N) is 5. The van der Waals surface area contributed by atoms with E-state index in [0.717, 1.165) is 47.8 Å². The SMILES string of the molecule is O=C(c1cncs1)N1CCN(Cc2c(-c3ccc(Cl)cc3)nc3ccc(-c4ccccc4)cn23)CC1. The Bertz CT molecular complexity index is 1490. The van der Waals surface area contributed by atoms with Crippen LogP contribution in [0.3, 0.4) is 0 Å². The molecule has 1 aliphatic heterocycles. The van der Waals surface area contributed by atoms with E-state index in [1.54, 1.807) is 11.7 Å². The number of hydrogen-bond donors (Lipinski definition) is 0. The van der Waals surface area contributed by atoms with Gasteiger partial charge in [-0.3, -0.25) is 14.7 Å². The fourth-order valence-corrected chi connectivity index (χ4v) is 5.40. The summed E-state index contributed by atoms with van der Waals surface area (Å²) in [6, 6.07) is 22.5. The molecule has 1 saturated heterocycles. The highest BCUT2D eigenvalue weighted by Gasteiger charge is 2.25. The maximum absolute atomic E-state index is 12.8. The first-order valence-corrected chi connectivity index (χ1v) is 13.1. The third kappa shape index (κ3) is 4.53. The van der Waals surface area contributed by atoms with E-state index >= 15 is 0 Å². The van der Waals surface area contributed by atoms with Gasteiger partial charge in [0.1, 0.15) is 10.5 Å². The molecule has 36 heavy (non-hydrogen) atoms. The molecule has 2 aromatic carbocycles. The maximum Gasteiger partial charge on any atom is 0.265 e. The molecule has 0 atom stereocenters. The smallest absolute Gasteiger partial charge is 0.265 e. The van der Waals surface area contributed by atoms with Gasteiger partial charge in [0.15, 0.2) is 0 Å². The first kappa shape index (κ1) is 22.9. The van der Waals surface area contributed by atoms with Gasteiger partial charge in [0.25, 0.3) is 5.91 Å². The number of pyridine rings is 1. The highest BCUT2D eigenvalue weighted by Crippen LogP contribution is 2.29. The lowest BCUT2D eigenvalue weighted by Crippen LogP contribution is -2.48. The van der Waals surface area contributed by atoms with Crippen LogP contribution in [0.1, 0.15) is 15.4 Å². The maximum atomic E-state index is 12.8. The van der Waals surface area contributed by atoms with Crippen LogP contribution in [-0.2, 0) is 6.54 Å². The van der Waals surface area contributed by atoms with Crippen molar-refractivity contribution < 1.29 is 4.79 Å². The van der Waals surface area contributed by atoms with E-state index in [1.807, 2.05) is 35.2 Å². The third-order valence-electron chi connectivity index (χ3n) is 6.62. The van der Waals surface area contributed by atoms with E-state index in [0.29, 0.717) is 23.0 Å². The van der Waals surface area contributed by atoms with Gasteiger partial charge in [-0.2, -0.15) is 0 Å². The molecule has 0 N–H and O–H groups in total. The highest BCUT2D eigenvalue weighted by molar-refractivity contribution is 7.11. The predicted octanol–water partition coefficient (Wildman–Crippen LogP) is 5.74. The number of carbonyl (C=O) groups is 1. The summed E-state index contributed by atoms with van der Waals surface area (Å²) in [4.78, 5) is 26.8. The average molecular weight is 514 g/mol. The number of fused-ring (bicyclic) bond motifs is 1. The molecule has 1 aliphatic rings. The molecule has 0 aliphatic carbocycles. The minimum atomic E-state index is 0.0707. The molecule has 5 aromatic rings. The van der Waals surface area contributed by atoms with Crippen molar-refractivity contribution >= 4 is 34.5 Å². The average Bonchev–Trinajstić information content (AvgIpc) is 3.58. The van der Waals surface area contributed by atoms with E-state index in [9.17, 15) is 4.79 Å². The van der Waals surface area contributed by atoms with Crippen LogP contribution in [0.4, 0.5) is 0 Å². The summed E-state index contributed by atoms with van der Waals surface area (Å²) in [5, 5.41) is 0.706. The number of aromatic nitrogens is 3. The lowest BCUT2D eigenvalue weighted by molar-refractivity contribution is 0.0631. The Kier molecular flexibility index (Phi) is 6.27. The number of halogens is 1. The summed E-state index contributed by atoms with van der Waals surface area (Å²) < 4.78 is 2.21. The molecule has 1 amide bonds. The molecule has 0 unspecified atom stereocenters. The van der Waals surface area contributed by atoms with Crippen molar-refractivity contribution in [3.63, 3.8) is 0 Å². The number of hydrogen-bond acceptors (Lipinski definition) is 5. The molecule has 1 fully saturated rings. The summed E-state index contributed by atoms with van der Waals surface area (Å²) in [7, 11) is 0. The lowest BCUT2D eigenvalue weighted by atomic mass is 10.1. The lowest BCUT2D eigenvalue weighted by Gasteiger charge is -2.34. The third-order valence-corrected chi connectivity index (χ3v) is 7.63. The Morgan fingerprint density at radius 2 is 1.64 bits per heavy atom. The molecule has 0 radical (unpaired) electrons. The fraction of sp³-hybridized carbons (Fsp3) is 0.179.